The standard InChI is InChI=1S/C16H33NO2/c1-6-8-17-14-11-15(16(14)18-9-7-2)19-13(5)10-12(3)4/h12-17H,6-11H2,1-5H3. The summed E-state index contributed by atoms with van der Waals surface area (Å²) in [6.07, 6.45) is 5.35. The molecule has 3 heteroatoms. The monoisotopic (exact) mass is 271 g/mol. The first-order valence-corrected chi connectivity index (χ1v) is 8.08. The molecule has 0 aliphatic heterocycles. The number of hydrogen-bond acceptors (Lipinski definition) is 3. The highest BCUT2D eigenvalue weighted by molar-refractivity contribution is 4.97. The Morgan fingerprint density at radius 1 is 1.16 bits per heavy atom. The molecule has 1 aliphatic carbocycles. The number of hydrogen-bond donors (Lipinski definition) is 1. The van der Waals surface area contributed by atoms with Gasteiger partial charge in [-0.2, -0.15) is 0 Å². The van der Waals surface area contributed by atoms with E-state index in [2.05, 4.69) is 39.9 Å². The van der Waals surface area contributed by atoms with Gasteiger partial charge in [-0.15, -0.1) is 0 Å². The van der Waals surface area contributed by atoms with Gasteiger partial charge in [0.25, 0.3) is 0 Å². The first kappa shape index (κ1) is 16.9. The fourth-order valence-electron chi connectivity index (χ4n) is 2.74. The zero-order valence-corrected chi connectivity index (χ0v) is 13.4. The van der Waals surface area contributed by atoms with Gasteiger partial charge in [-0.1, -0.05) is 27.7 Å². The van der Waals surface area contributed by atoms with Gasteiger partial charge in [0.15, 0.2) is 0 Å². The summed E-state index contributed by atoms with van der Waals surface area (Å²) in [6.45, 7) is 13.0. The molecule has 1 rings (SSSR count). The molecule has 0 saturated heterocycles. The van der Waals surface area contributed by atoms with Crippen LogP contribution in [0.4, 0.5) is 0 Å². The van der Waals surface area contributed by atoms with Gasteiger partial charge in [-0.25, -0.2) is 0 Å². The van der Waals surface area contributed by atoms with Crippen LogP contribution >= 0.6 is 0 Å². The van der Waals surface area contributed by atoms with Crippen LogP contribution in [0, 0.1) is 5.92 Å². The molecule has 4 unspecified atom stereocenters. The summed E-state index contributed by atoms with van der Waals surface area (Å²) in [5.41, 5.74) is 0. The maximum atomic E-state index is 6.15. The van der Waals surface area contributed by atoms with E-state index in [0.717, 1.165) is 32.4 Å². The van der Waals surface area contributed by atoms with E-state index in [-0.39, 0.29) is 12.2 Å². The molecule has 114 valence electrons. The number of rotatable bonds is 10. The van der Waals surface area contributed by atoms with Crippen molar-refractivity contribution in [2.75, 3.05) is 13.2 Å². The summed E-state index contributed by atoms with van der Waals surface area (Å²) in [5, 5.41) is 3.57. The highest BCUT2D eigenvalue weighted by Gasteiger charge is 2.43. The SMILES string of the molecule is CCCNC1CC(OC(C)CC(C)C)C1OCCC. The molecule has 1 fully saturated rings. The first-order chi connectivity index (χ1) is 9.08. The van der Waals surface area contributed by atoms with Gasteiger partial charge >= 0.3 is 0 Å². The Hall–Kier alpha value is -0.120. The molecule has 3 nitrogen and oxygen atoms in total. The second kappa shape index (κ2) is 8.93. The minimum absolute atomic E-state index is 0.251. The lowest BCUT2D eigenvalue weighted by atomic mass is 9.84. The normalized spacial score (nSPS) is 28.4. The van der Waals surface area contributed by atoms with Crippen LogP contribution in [0.15, 0.2) is 0 Å². The van der Waals surface area contributed by atoms with Crippen molar-refractivity contribution in [3.05, 3.63) is 0 Å². The van der Waals surface area contributed by atoms with Gasteiger partial charge in [0.2, 0.25) is 0 Å². The van der Waals surface area contributed by atoms with Gasteiger partial charge in [0.05, 0.1) is 18.3 Å². The Bertz CT molecular complexity index is 233. The topological polar surface area (TPSA) is 30.5 Å². The molecular formula is C16H33NO2. The van der Waals surface area contributed by atoms with E-state index < -0.39 is 0 Å². The molecule has 0 aromatic carbocycles. The Morgan fingerprint density at radius 3 is 2.47 bits per heavy atom. The van der Waals surface area contributed by atoms with Gasteiger partial charge in [-0.3, -0.25) is 0 Å². The molecule has 0 heterocycles. The van der Waals surface area contributed by atoms with Crippen molar-refractivity contribution in [3.63, 3.8) is 0 Å². The van der Waals surface area contributed by atoms with Crippen LogP contribution in [0.25, 0.3) is 0 Å². The smallest absolute Gasteiger partial charge is 0.0990 e. The predicted molar refractivity (Wildman–Crippen MR) is 80.5 cm³/mol. The van der Waals surface area contributed by atoms with E-state index in [1.165, 1.54) is 6.42 Å². The van der Waals surface area contributed by atoms with Crippen LogP contribution in [0.1, 0.15) is 60.3 Å². The van der Waals surface area contributed by atoms with E-state index in [1.807, 2.05) is 0 Å². The zero-order valence-electron chi connectivity index (χ0n) is 13.4. The Morgan fingerprint density at radius 2 is 1.89 bits per heavy atom. The van der Waals surface area contributed by atoms with Crippen LogP contribution in [0.3, 0.4) is 0 Å². The number of ether oxygens (including phenoxy) is 2. The lowest BCUT2D eigenvalue weighted by Gasteiger charge is -2.45. The van der Waals surface area contributed by atoms with E-state index in [1.54, 1.807) is 0 Å². The highest BCUT2D eigenvalue weighted by atomic mass is 16.6. The van der Waals surface area contributed by atoms with Crippen molar-refractivity contribution < 1.29 is 9.47 Å². The minimum Gasteiger partial charge on any atom is -0.374 e. The molecule has 4 atom stereocenters. The van der Waals surface area contributed by atoms with E-state index in [9.17, 15) is 0 Å². The third-order valence-electron chi connectivity index (χ3n) is 3.63. The minimum atomic E-state index is 0.251. The van der Waals surface area contributed by atoms with Gasteiger partial charge in [0.1, 0.15) is 0 Å². The molecule has 0 aromatic rings. The van der Waals surface area contributed by atoms with Crippen molar-refractivity contribution in [1.82, 2.24) is 5.32 Å². The largest absolute Gasteiger partial charge is 0.374 e. The van der Waals surface area contributed by atoms with Crippen molar-refractivity contribution in [1.29, 1.82) is 0 Å². The summed E-state index contributed by atoms with van der Waals surface area (Å²) in [7, 11) is 0. The van der Waals surface area contributed by atoms with Crippen molar-refractivity contribution >= 4 is 0 Å². The fourth-order valence-corrected chi connectivity index (χ4v) is 2.74. The zero-order chi connectivity index (χ0) is 14.3. The number of nitrogens with one attached hydrogen (secondary N) is 1. The maximum Gasteiger partial charge on any atom is 0.0990 e. The van der Waals surface area contributed by atoms with Gasteiger partial charge in [0, 0.05) is 12.6 Å². The van der Waals surface area contributed by atoms with Crippen LogP contribution < -0.4 is 5.32 Å². The Kier molecular flexibility index (Phi) is 7.96. The van der Waals surface area contributed by atoms with Crippen LogP contribution in [-0.4, -0.2) is 37.5 Å². The molecule has 0 spiro atoms. The molecule has 1 saturated carbocycles. The fraction of sp³-hybridized carbons (Fsp3) is 1.00. The second-order valence-corrected chi connectivity index (χ2v) is 6.25. The third-order valence-corrected chi connectivity index (χ3v) is 3.63. The quantitative estimate of drug-likeness (QED) is 0.661. The van der Waals surface area contributed by atoms with Crippen molar-refractivity contribution in [2.45, 2.75) is 84.7 Å². The lowest BCUT2D eigenvalue weighted by molar-refractivity contribution is -0.167. The molecule has 1 aliphatic rings. The second-order valence-electron chi connectivity index (χ2n) is 6.25. The van der Waals surface area contributed by atoms with E-state index >= 15 is 0 Å². The van der Waals surface area contributed by atoms with Crippen LogP contribution in [-0.2, 0) is 9.47 Å². The Labute approximate surface area is 119 Å². The van der Waals surface area contributed by atoms with Crippen molar-refractivity contribution in [2.24, 2.45) is 5.92 Å². The average molecular weight is 271 g/mol. The molecule has 0 amide bonds. The summed E-state index contributed by atoms with van der Waals surface area (Å²) in [6, 6.07) is 0.489. The lowest BCUT2D eigenvalue weighted by Crippen LogP contribution is -2.60. The summed E-state index contributed by atoms with van der Waals surface area (Å²) < 4.78 is 12.1. The summed E-state index contributed by atoms with van der Waals surface area (Å²) in [4.78, 5) is 0. The Balaban J connectivity index is 2.35. The first-order valence-electron chi connectivity index (χ1n) is 8.08. The van der Waals surface area contributed by atoms with Gasteiger partial charge < -0.3 is 14.8 Å². The predicted octanol–water partition coefficient (Wildman–Crippen LogP) is 3.37. The summed E-state index contributed by atoms with van der Waals surface area (Å²) in [5.74, 6) is 0.694. The van der Waals surface area contributed by atoms with Crippen LogP contribution in [0.5, 0.6) is 0 Å². The molecule has 19 heavy (non-hydrogen) atoms. The maximum absolute atomic E-state index is 6.15. The van der Waals surface area contributed by atoms with Crippen LogP contribution in [0.2, 0.25) is 0 Å². The average Bonchev–Trinajstić information content (AvgIpc) is 2.32. The van der Waals surface area contributed by atoms with Crippen molar-refractivity contribution in [3.8, 4) is 0 Å². The van der Waals surface area contributed by atoms with Gasteiger partial charge in [-0.05, 0) is 45.1 Å². The van der Waals surface area contributed by atoms with E-state index in [4.69, 9.17) is 9.47 Å². The highest BCUT2D eigenvalue weighted by Crippen LogP contribution is 2.29. The third kappa shape index (κ3) is 5.80. The van der Waals surface area contributed by atoms with E-state index in [0.29, 0.717) is 18.1 Å². The molecule has 1 N–H and O–H groups in total. The molecule has 0 aromatic heterocycles. The molecule has 0 bridgehead atoms. The molecule has 0 radical (unpaired) electrons. The summed E-state index contributed by atoms with van der Waals surface area (Å²) >= 11 is 0. The molecular weight excluding hydrogens is 238 g/mol.